The topological polar surface area (TPSA) is 12.9 Å². The van der Waals surface area contributed by atoms with Gasteiger partial charge in [-0.2, -0.15) is 0 Å². The summed E-state index contributed by atoms with van der Waals surface area (Å²) in [4.78, 5) is 5.45. The second-order valence-electron chi connectivity index (χ2n) is 12.6. The summed E-state index contributed by atoms with van der Waals surface area (Å²) in [7, 11) is 0. The number of pyridine rings is 1. The molecule has 1 aromatic heterocycles. The van der Waals surface area contributed by atoms with E-state index in [-0.39, 0.29) is 0 Å². The van der Waals surface area contributed by atoms with Gasteiger partial charge in [-0.25, -0.2) is 4.98 Å². The molecule has 1 heteroatoms. The average Bonchev–Trinajstić information content (AvgIpc) is 3.09. The number of nitrogens with zero attached hydrogens (tertiary/aromatic N) is 1. The fraction of sp³-hybridized carbons (Fsp3) is 0.0930. The normalized spacial score (nSPS) is 21.0. The predicted octanol–water partition coefficient (Wildman–Crippen LogP) is 10.7. The van der Waals surface area contributed by atoms with Crippen molar-refractivity contribution < 1.29 is 0 Å². The molecule has 0 amide bonds. The first-order valence-electron chi connectivity index (χ1n) is 15.8. The van der Waals surface area contributed by atoms with E-state index >= 15 is 0 Å². The van der Waals surface area contributed by atoms with E-state index in [1.807, 2.05) is 0 Å². The van der Waals surface area contributed by atoms with Crippen molar-refractivity contribution in [3.8, 4) is 11.1 Å². The highest BCUT2D eigenvalue weighted by Gasteiger charge is 2.38. The van der Waals surface area contributed by atoms with Gasteiger partial charge in [-0.15, -0.1) is 0 Å². The van der Waals surface area contributed by atoms with Gasteiger partial charge in [-0.1, -0.05) is 134 Å². The van der Waals surface area contributed by atoms with Crippen molar-refractivity contribution >= 4 is 44.2 Å². The summed E-state index contributed by atoms with van der Waals surface area (Å²) in [6.45, 7) is 0. The lowest BCUT2D eigenvalue weighted by Gasteiger charge is -2.40. The maximum absolute atomic E-state index is 5.45. The van der Waals surface area contributed by atoms with Gasteiger partial charge in [0.2, 0.25) is 0 Å². The van der Waals surface area contributed by atoms with E-state index in [2.05, 4.69) is 140 Å². The summed E-state index contributed by atoms with van der Waals surface area (Å²) in [5.41, 5.74) is 15.7. The maximum Gasteiger partial charge on any atom is 0.0794 e. The molecule has 10 rings (SSSR count). The molecule has 0 saturated heterocycles. The summed E-state index contributed by atoms with van der Waals surface area (Å²) in [6, 6.07) is 27.1. The SMILES string of the molecule is C1=CC2=CC=C3C=CC(c4cccc(-c5c6ccc7c(c6nc6c5ccc5ccccc56)CCC=C7)c4)=C4C=CC(=C1)C2C34. The van der Waals surface area contributed by atoms with Crippen molar-refractivity contribution in [2.45, 2.75) is 12.8 Å². The first kappa shape index (κ1) is 24.2. The fourth-order valence-electron chi connectivity index (χ4n) is 8.29. The number of aryl methyl sites for hydroxylation is 1. The van der Waals surface area contributed by atoms with Gasteiger partial charge < -0.3 is 0 Å². The number of hydrogen-bond donors (Lipinski definition) is 0. The summed E-state index contributed by atoms with van der Waals surface area (Å²) < 4.78 is 0. The van der Waals surface area contributed by atoms with Crippen LogP contribution in [0.3, 0.4) is 0 Å². The predicted molar refractivity (Wildman–Crippen MR) is 185 cm³/mol. The molecule has 5 aliphatic rings. The smallest absolute Gasteiger partial charge is 0.0794 e. The van der Waals surface area contributed by atoms with Crippen LogP contribution in [0.5, 0.6) is 0 Å². The minimum atomic E-state index is 0.369. The number of allylic oxidation sites excluding steroid dienone is 15. The van der Waals surface area contributed by atoms with Crippen LogP contribution in [0.15, 0.2) is 156 Å². The van der Waals surface area contributed by atoms with Gasteiger partial charge in [0.25, 0.3) is 0 Å². The van der Waals surface area contributed by atoms with Crippen LogP contribution in [0.25, 0.3) is 55.4 Å². The van der Waals surface area contributed by atoms with Gasteiger partial charge in [0.05, 0.1) is 11.0 Å². The van der Waals surface area contributed by atoms with Crippen LogP contribution in [0.1, 0.15) is 23.1 Å². The van der Waals surface area contributed by atoms with Crippen molar-refractivity contribution in [3.63, 3.8) is 0 Å². The molecule has 44 heavy (non-hydrogen) atoms. The Bertz CT molecular complexity index is 2380. The molecular weight excluding hydrogens is 530 g/mol. The van der Waals surface area contributed by atoms with E-state index in [9.17, 15) is 0 Å². The van der Waals surface area contributed by atoms with E-state index < -0.39 is 0 Å². The lowest BCUT2D eigenvalue weighted by atomic mass is 9.63. The molecular formula is C43H29N. The molecule has 5 aromatic rings. The van der Waals surface area contributed by atoms with E-state index in [1.165, 1.54) is 77.2 Å². The van der Waals surface area contributed by atoms with Crippen molar-refractivity contribution in [2.75, 3.05) is 0 Å². The Morgan fingerprint density at radius 2 is 1.41 bits per heavy atom. The molecule has 0 bridgehead atoms. The Balaban J connectivity index is 1.23. The zero-order valence-corrected chi connectivity index (χ0v) is 24.3. The molecule has 206 valence electrons. The van der Waals surface area contributed by atoms with E-state index in [4.69, 9.17) is 4.98 Å². The van der Waals surface area contributed by atoms with E-state index in [0.717, 1.165) is 23.9 Å². The van der Waals surface area contributed by atoms with Crippen molar-refractivity contribution in [2.24, 2.45) is 11.8 Å². The number of benzene rings is 4. The van der Waals surface area contributed by atoms with E-state index in [1.54, 1.807) is 0 Å². The molecule has 2 unspecified atom stereocenters. The summed E-state index contributed by atoms with van der Waals surface area (Å²) in [6.07, 6.45) is 27.4. The second-order valence-corrected chi connectivity index (χ2v) is 12.6. The molecule has 1 nitrogen and oxygen atoms in total. The highest BCUT2D eigenvalue weighted by Crippen LogP contribution is 2.51. The Morgan fingerprint density at radius 3 is 2.39 bits per heavy atom. The third-order valence-corrected chi connectivity index (χ3v) is 10.3. The van der Waals surface area contributed by atoms with Gasteiger partial charge in [0, 0.05) is 33.6 Å². The van der Waals surface area contributed by atoms with Crippen LogP contribution in [-0.4, -0.2) is 4.98 Å². The minimum Gasteiger partial charge on any atom is -0.247 e. The summed E-state index contributed by atoms with van der Waals surface area (Å²) in [5.74, 6) is 0.776. The maximum atomic E-state index is 5.45. The average molecular weight is 560 g/mol. The van der Waals surface area contributed by atoms with Gasteiger partial charge >= 0.3 is 0 Å². The van der Waals surface area contributed by atoms with Crippen LogP contribution < -0.4 is 0 Å². The van der Waals surface area contributed by atoms with E-state index in [0.29, 0.717) is 11.8 Å². The molecule has 0 aliphatic heterocycles. The summed E-state index contributed by atoms with van der Waals surface area (Å²) in [5, 5.41) is 4.90. The monoisotopic (exact) mass is 559 g/mol. The molecule has 0 radical (unpaired) electrons. The lowest BCUT2D eigenvalue weighted by molar-refractivity contribution is 0.566. The van der Waals surface area contributed by atoms with Crippen LogP contribution in [0.4, 0.5) is 0 Å². The first-order chi connectivity index (χ1) is 21.8. The number of hydrogen-bond acceptors (Lipinski definition) is 1. The Hall–Kier alpha value is -5.27. The zero-order valence-electron chi connectivity index (χ0n) is 24.3. The van der Waals surface area contributed by atoms with Gasteiger partial charge in [0.1, 0.15) is 0 Å². The van der Waals surface area contributed by atoms with Crippen molar-refractivity contribution in [3.05, 3.63) is 173 Å². The minimum absolute atomic E-state index is 0.369. The van der Waals surface area contributed by atoms with Crippen LogP contribution in [0.2, 0.25) is 0 Å². The lowest BCUT2D eigenvalue weighted by Crippen LogP contribution is -2.29. The molecule has 0 fully saturated rings. The first-order valence-corrected chi connectivity index (χ1v) is 15.8. The summed E-state index contributed by atoms with van der Waals surface area (Å²) >= 11 is 0. The largest absolute Gasteiger partial charge is 0.247 e. The van der Waals surface area contributed by atoms with Crippen LogP contribution >= 0.6 is 0 Å². The molecule has 4 aromatic carbocycles. The number of aromatic nitrogens is 1. The highest BCUT2D eigenvalue weighted by atomic mass is 14.7. The molecule has 0 N–H and O–H groups in total. The molecule has 5 aliphatic carbocycles. The third kappa shape index (κ3) is 3.38. The van der Waals surface area contributed by atoms with Gasteiger partial charge in [0.15, 0.2) is 0 Å². The quantitative estimate of drug-likeness (QED) is 0.155. The molecule has 0 spiro atoms. The van der Waals surface area contributed by atoms with Crippen molar-refractivity contribution in [1.29, 1.82) is 0 Å². The second kappa shape index (κ2) is 9.11. The van der Waals surface area contributed by atoms with Crippen molar-refractivity contribution in [1.82, 2.24) is 4.98 Å². The van der Waals surface area contributed by atoms with Crippen LogP contribution in [-0.2, 0) is 6.42 Å². The number of fused-ring (bicyclic) bond motifs is 6. The Labute approximate surface area is 257 Å². The third-order valence-electron chi connectivity index (χ3n) is 10.3. The Morgan fingerprint density at radius 1 is 0.591 bits per heavy atom. The molecule has 0 saturated carbocycles. The van der Waals surface area contributed by atoms with Gasteiger partial charge in [-0.3, -0.25) is 0 Å². The zero-order chi connectivity index (χ0) is 28.8. The standard InChI is InChI=1S/C43H29N/c1-3-13-34-26(7-1)17-23-37-40(38-24-18-27-8-2-4-14-35(27)43(38)44-42(34)37)32-12-6-11-31(25-32)33-21-19-30-16-15-28-9-5-10-29-20-22-36(33)41(30)39(28)29/h1-3,5-13,15-25,39,41H,4,14H2. The van der Waals surface area contributed by atoms with Crippen LogP contribution in [0, 0.1) is 11.8 Å². The molecule has 2 atom stereocenters. The molecule has 1 heterocycles. The Kier molecular flexibility index (Phi) is 5.01. The highest BCUT2D eigenvalue weighted by molar-refractivity contribution is 6.17. The number of rotatable bonds is 2. The fourth-order valence-corrected chi connectivity index (χ4v) is 8.29. The van der Waals surface area contributed by atoms with Gasteiger partial charge in [-0.05, 0) is 74.4 Å².